The van der Waals surface area contributed by atoms with E-state index in [9.17, 15) is 4.79 Å². The predicted molar refractivity (Wildman–Crippen MR) is 123 cm³/mol. The van der Waals surface area contributed by atoms with Crippen LogP contribution in [0.1, 0.15) is 31.7 Å². The van der Waals surface area contributed by atoms with Crippen molar-refractivity contribution in [3.05, 3.63) is 72.3 Å². The summed E-state index contributed by atoms with van der Waals surface area (Å²) in [5, 5.41) is 5.23. The van der Waals surface area contributed by atoms with Crippen LogP contribution in [-0.2, 0) is 11.2 Å². The summed E-state index contributed by atoms with van der Waals surface area (Å²) in [5.41, 5.74) is 2.78. The number of fused-ring (bicyclic) bond motifs is 2. The highest BCUT2D eigenvalue weighted by molar-refractivity contribution is 5.89. The Morgan fingerprint density at radius 1 is 1.07 bits per heavy atom. The molecule has 156 valence electrons. The number of rotatable bonds is 8. The molecule has 30 heavy (non-hydrogen) atoms. The Balaban J connectivity index is 1.30. The average Bonchev–Trinajstić information content (AvgIpc) is 2.80. The summed E-state index contributed by atoms with van der Waals surface area (Å²) in [5.74, 6) is 0.726. The lowest BCUT2D eigenvalue weighted by Crippen LogP contribution is -2.39. The maximum absolute atomic E-state index is 12.7. The minimum absolute atomic E-state index is 0.0375. The molecule has 3 aromatic rings. The normalized spacial score (nSPS) is 14.2. The first-order chi connectivity index (χ1) is 14.8. The molecule has 0 bridgehead atoms. The van der Waals surface area contributed by atoms with Gasteiger partial charge in [0.25, 0.3) is 5.91 Å². The molecule has 0 fully saturated rings. The fourth-order valence-electron chi connectivity index (χ4n) is 4.21. The summed E-state index contributed by atoms with van der Waals surface area (Å²) in [7, 11) is 0. The van der Waals surface area contributed by atoms with E-state index in [4.69, 9.17) is 4.74 Å². The van der Waals surface area contributed by atoms with Crippen LogP contribution in [0.25, 0.3) is 10.8 Å². The molecule has 0 radical (unpaired) electrons. The van der Waals surface area contributed by atoms with E-state index in [1.807, 2.05) is 37.3 Å². The highest BCUT2D eigenvalue weighted by Gasteiger charge is 2.20. The van der Waals surface area contributed by atoms with Crippen LogP contribution >= 0.6 is 0 Å². The molecule has 1 atom stereocenters. The number of carbonyl (C=O) groups is 1. The molecule has 0 saturated carbocycles. The summed E-state index contributed by atoms with van der Waals surface area (Å²) >= 11 is 0. The smallest absolute Gasteiger partial charge is 0.261 e. The van der Waals surface area contributed by atoms with Crippen molar-refractivity contribution in [3.8, 4) is 5.75 Å². The monoisotopic (exact) mass is 402 g/mol. The fraction of sp³-hybridized carbons (Fsp3) is 0.346. The van der Waals surface area contributed by atoms with E-state index in [-0.39, 0.29) is 5.91 Å². The predicted octanol–water partition coefficient (Wildman–Crippen LogP) is 4.96. The Hall–Kier alpha value is -3.01. The molecule has 4 heteroatoms. The number of para-hydroxylation sites is 1. The van der Waals surface area contributed by atoms with E-state index in [0.717, 1.165) is 42.5 Å². The third kappa shape index (κ3) is 4.59. The molecule has 1 heterocycles. The zero-order chi connectivity index (χ0) is 20.8. The van der Waals surface area contributed by atoms with Gasteiger partial charge in [-0.25, -0.2) is 0 Å². The van der Waals surface area contributed by atoms with Crippen LogP contribution in [0.4, 0.5) is 5.69 Å². The van der Waals surface area contributed by atoms with Crippen molar-refractivity contribution in [2.75, 3.05) is 24.5 Å². The molecule has 1 aliphatic rings. The van der Waals surface area contributed by atoms with Gasteiger partial charge >= 0.3 is 0 Å². The maximum Gasteiger partial charge on any atom is 0.261 e. The Morgan fingerprint density at radius 2 is 1.87 bits per heavy atom. The summed E-state index contributed by atoms with van der Waals surface area (Å²) in [6.07, 6.45) is 3.43. The molecule has 1 amide bonds. The number of amides is 1. The zero-order valence-electron chi connectivity index (χ0n) is 17.6. The van der Waals surface area contributed by atoms with E-state index in [1.165, 1.54) is 17.7 Å². The third-order valence-corrected chi connectivity index (χ3v) is 5.79. The fourth-order valence-corrected chi connectivity index (χ4v) is 4.21. The van der Waals surface area contributed by atoms with Crippen molar-refractivity contribution in [2.45, 2.75) is 38.7 Å². The van der Waals surface area contributed by atoms with Crippen molar-refractivity contribution in [2.24, 2.45) is 0 Å². The lowest BCUT2D eigenvalue weighted by Gasteiger charge is -2.31. The molecule has 0 aliphatic carbocycles. The first-order valence-electron chi connectivity index (χ1n) is 11.0. The second-order valence-electron chi connectivity index (χ2n) is 7.86. The SMILES string of the molecule is CC[C@H](Oc1cccc2ccccc12)C(=O)NCCCN1CCCc2ccccc21. The molecule has 0 saturated heterocycles. The summed E-state index contributed by atoms with van der Waals surface area (Å²) in [4.78, 5) is 15.2. The number of anilines is 1. The van der Waals surface area contributed by atoms with E-state index >= 15 is 0 Å². The highest BCUT2D eigenvalue weighted by atomic mass is 16.5. The van der Waals surface area contributed by atoms with Gasteiger partial charge in [-0.05, 0) is 48.8 Å². The summed E-state index contributed by atoms with van der Waals surface area (Å²) in [6, 6.07) is 22.7. The number of hydrogen-bond donors (Lipinski definition) is 1. The minimum Gasteiger partial charge on any atom is -0.480 e. The number of aryl methyl sites for hydroxylation is 1. The first kappa shape index (κ1) is 20.3. The van der Waals surface area contributed by atoms with Crippen LogP contribution in [0.2, 0.25) is 0 Å². The van der Waals surface area contributed by atoms with Gasteiger partial charge in [-0.3, -0.25) is 4.79 Å². The quantitative estimate of drug-likeness (QED) is 0.542. The van der Waals surface area contributed by atoms with Crippen LogP contribution < -0.4 is 15.0 Å². The van der Waals surface area contributed by atoms with Crippen molar-refractivity contribution >= 4 is 22.4 Å². The minimum atomic E-state index is -0.480. The number of benzene rings is 3. The first-order valence-corrected chi connectivity index (χ1v) is 11.0. The lowest BCUT2D eigenvalue weighted by atomic mass is 10.0. The molecule has 0 aromatic heterocycles. The average molecular weight is 403 g/mol. The Labute approximate surface area is 178 Å². The van der Waals surface area contributed by atoms with Crippen LogP contribution in [0, 0.1) is 0 Å². The highest BCUT2D eigenvalue weighted by Crippen LogP contribution is 2.27. The van der Waals surface area contributed by atoms with Crippen LogP contribution in [0.5, 0.6) is 5.75 Å². The Kier molecular flexibility index (Phi) is 6.53. The van der Waals surface area contributed by atoms with E-state index in [2.05, 4.69) is 46.6 Å². The van der Waals surface area contributed by atoms with Crippen molar-refractivity contribution < 1.29 is 9.53 Å². The van der Waals surface area contributed by atoms with Gasteiger partial charge in [0.05, 0.1) is 0 Å². The molecule has 4 rings (SSSR count). The van der Waals surface area contributed by atoms with Crippen LogP contribution in [-0.4, -0.2) is 31.6 Å². The van der Waals surface area contributed by atoms with Gasteiger partial charge in [0.1, 0.15) is 5.75 Å². The molecule has 0 unspecified atom stereocenters. The van der Waals surface area contributed by atoms with Gasteiger partial charge in [0, 0.05) is 30.7 Å². The van der Waals surface area contributed by atoms with Crippen molar-refractivity contribution in [1.82, 2.24) is 5.32 Å². The number of carbonyl (C=O) groups excluding carboxylic acids is 1. The van der Waals surface area contributed by atoms with Gasteiger partial charge < -0.3 is 15.0 Å². The number of nitrogens with one attached hydrogen (secondary N) is 1. The lowest BCUT2D eigenvalue weighted by molar-refractivity contribution is -0.128. The van der Waals surface area contributed by atoms with Crippen molar-refractivity contribution in [3.63, 3.8) is 0 Å². The number of ether oxygens (including phenoxy) is 1. The van der Waals surface area contributed by atoms with Gasteiger partial charge in [-0.15, -0.1) is 0 Å². The molecular formula is C26H30N2O2. The van der Waals surface area contributed by atoms with Crippen LogP contribution in [0.15, 0.2) is 66.7 Å². The molecule has 1 aliphatic heterocycles. The topological polar surface area (TPSA) is 41.6 Å². The van der Waals surface area contributed by atoms with E-state index in [0.29, 0.717) is 13.0 Å². The molecule has 0 spiro atoms. The van der Waals surface area contributed by atoms with Crippen LogP contribution in [0.3, 0.4) is 0 Å². The third-order valence-electron chi connectivity index (χ3n) is 5.79. The van der Waals surface area contributed by atoms with Gasteiger partial charge in [0.2, 0.25) is 0 Å². The summed E-state index contributed by atoms with van der Waals surface area (Å²) < 4.78 is 6.11. The van der Waals surface area contributed by atoms with Gasteiger partial charge in [-0.2, -0.15) is 0 Å². The molecule has 3 aromatic carbocycles. The molecular weight excluding hydrogens is 372 g/mol. The van der Waals surface area contributed by atoms with E-state index < -0.39 is 6.10 Å². The van der Waals surface area contributed by atoms with Crippen molar-refractivity contribution in [1.29, 1.82) is 0 Å². The zero-order valence-corrected chi connectivity index (χ0v) is 17.6. The van der Waals surface area contributed by atoms with Gasteiger partial charge in [0.15, 0.2) is 6.10 Å². The van der Waals surface area contributed by atoms with Gasteiger partial charge in [-0.1, -0.05) is 61.5 Å². The maximum atomic E-state index is 12.7. The second kappa shape index (κ2) is 9.66. The number of nitrogens with zero attached hydrogens (tertiary/aromatic N) is 1. The molecule has 1 N–H and O–H groups in total. The molecule has 4 nitrogen and oxygen atoms in total. The standard InChI is InChI=1S/C26H30N2O2/c1-2-24(30-25-16-7-12-20-10-3-5-14-22(20)25)26(29)27-17-9-19-28-18-8-13-21-11-4-6-15-23(21)28/h3-7,10-12,14-16,24H,2,8-9,13,17-19H2,1H3,(H,27,29)/t24-/m0/s1. The Morgan fingerprint density at radius 3 is 2.77 bits per heavy atom. The largest absolute Gasteiger partial charge is 0.480 e. The van der Waals surface area contributed by atoms with E-state index in [1.54, 1.807) is 0 Å². The Bertz CT molecular complexity index is 996. The summed E-state index contributed by atoms with van der Waals surface area (Å²) in [6.45, 7) is 4.69. The number of hydrogen-bond acceptors (Lipinski definition) is 3. The second-order valence-corrected chi connectivity index (χ2v) is 7.86.